The molecule has 3 heterocycles. The molecule has 166 valence electrons. The van der Waals surface area contributed by atoms with Gasteiger partial charge in [-0.05, 0) is 37.6 Å². The van der Waals surface area contributed by atoms with Crippen molar-refractivity contribution in [2.24, 2.45) is 0 Å². The zero-order chi connectivity index (χ0) is 23.0. The molecule has 0 saturated heterocycles. The number of aromatic amines is 1. The van der Waals surface area contributed by atoms with E-state index in [-0.39, 0.29) is 31.1 Å². The Morgan fingerprint density at radius 3 is 2.84 bits per heavy atom. The smallest absolute Gasteiger partial charge is 0.296 e. The molecule has 32 heavy (non-hydrogen) atoms. The van der Waals surface area contributed by atoms with Crippen molar-refractivity contribution in [3.63, 3.8) is 0 Å². The molecule has 0 aliphatic carbocycles. The Morgan fingerprint density at radius 2 is 2.09 bits per heavy atom. The molecule has 0 bridgehead atoms. The van der Waals surface area contributed by atoms with Gasteiger partial charge < -0.3 is 20.1 Å². The molecule has 4 rings (SSSR count). The highest BCUT2D eigenvalue weighted by Gasteiger charge is 2.34. The van der Waals surface area contributed by atoms with Gasteiger partial charge in [-0.25, -0.2) is 9.37 Å². The first-order chi connectivity index (χ1) is 15.2. The van der Waals surface area contributed by atoms with E-state index in [0.717, 1.165) is 0 Å². The third-order valence-corrected chi connectivity index (χ3v) is 5.25. The second-order valence-electron chi connectivity index (χ2n) is 7.86. The highest BCUT2D eigenvalue weighted by atomic mass is 19.1. The molecule has 0 radical (unpaired) electrons. The maximum atomic E-state index is 13.9. The van der Waals surface area contributed by atoms with Crippen LogP contribution >= 0.6 is 0 Å². The predicted molar refractivity (Wildman–Crippen MR) is 113 cm³/mol. The lowest BCUT2D eigenvalue weighted by atomic mass is 10.0. The number of hydrogen-bond acceptors (Lipinski definition) is 6. The maximum Gasteiger partial charge on any atom is 0.296 e. The van der Waals surface area contributed by atoms with Crippen LogP contribution in [0.3, 0.4) is 0 Å². The SMILES string of the molecule is CC1(C)OCCn2c1nc(C(=O)NCc1ccc(F)cc1-c1cccc(=O)[nH]1)c(O)c2=O. The third-order valence-electron chi connectivity index (χ3n) is 5.25. The molecule has 1 aliphatic heterocycles. The van der Waals surface area contributed by atoms with E-state index in [1.165, 1.54) is 34.9 Å². The van der Waals surface area contributed by atoms with Gasteiger partial charge in [-0.15, -0.1) is 0 Å². The van der Waals surface area contributed by atoms with E-state index in [9.17, 15) is 23.9 Å². The van der Waals surface area contributed by atoms with Gasteiger partial charge in [-0.1, -0.05) is 12.1 Å². The highest BCUT2D eigenvalue weighted by molar-refractivity contribution is 5.94. The summed E-state index contributed by atoms with van der Waals surface area (Å²) in [5.74, 6) is -1.80. The van der Waals surface area contributed by atoms with Crippen molar-refractivity contribution in [3.8, 4) is 17.0 Å². The van der Waals surface area contributed by atoms with Crippen LogP contribution < -0.4 is 16.4 Å². The quantitative estimate of drug-likeness (QED) is 0.566. The predicted octanol–water partition coefficient (Wildman–Crippen LogP) is 1.64. The first-order valence-electron chi connectivity index (χ1n) is 9.92. The molecule has 2 aromatic heterocycles. The van der Waals surface area contributed by atoms with Gasteiger partial charge in [0.1, 0.15) is 17.2 Å². The maximum absolute atomic E-state index is 13.9. The number of pyridine rings is 1. The number of nitrogens with zero attached hydrogens (tertiary/aromatic N) is 2. The highest BCUT2D eigenvalue weighted by Crippen LogP contribution is 2.27. The number of halogens is 1. The normalized spacial score (nSPS) is 14.6. The summed E-state index contributed by atoms with van der Waals surface area (Å²) in [4.78, 5) is 43.9. The molecule has 0 fully saturated rings. The molecule has 0 unspecified atom stereocenters. The third kappa shape index (κ3) is 3.92. The lowest BCUT2D eigenvalue weighted by molar-refractivity contribution is -0.0566. The van der Waals surface area contributed by atoms with E-state index < -0.39 is 34.3 Å². The van der Waals surface area contributed by atoms with Crippen LogP contribution in [0.15, 0.2) is 46.0 Å². The first kappa shape index (κ1) is 21.4. The zero-order valence-corrected chi connectivity index (χ0v) is 17.4. The molecular formula is C22H21FN4O5. The summed E-state index contributed by atoms with van der Waals surface area (Å²) in [7, 11) is 0. The summed E-state index contributed by atoms with van der Waals surface area (Å²) in [6, 6.07) is 8.43. The van der Waals surface area contributed by atoms with Crippen molar-refractivity contribution in [2.75, 3.05) is 6.61 Å². The molecule has 0 saturated carbocycles. The average molecular weight is 440 g/mol. The molecule has 9 nitrogen and oxygen atoms in total. The van der Waals surface area contributed by atoms with Crippen molar-refractivity contribution in [3.05, 3.63) is 80.0 Å². The fourth-order valence-electron chi connectivity index (χ4n) is 3.64. The monoisotopic (exact) mass is 440 g/mol. The Kier molecular flexibility index (Phi) is 5.39. The Hall–Kier alpha value is -3.79. The fraction of sp³-hybridized carbons (Fsp3) is 0.273. The molecular weight excluding hydrogens is 419 g/mol. The second-order valence-corrected chi connectivity index (χ2v) is 7.86. The summed E-state index contributed by atoms with van der Waals surface area (Å²) >= 11 is 0. The minimum Gasteiger partial charge on any atom is -0.501 e. The zero-order valence-electron chi connectivity index (χ0n) is 17.4. The van der Waals surface area contributed by atoms with Crippen LogP contribution in [0.5, 0.6) is 5.75 Å². The minimum absolute atomic E-state index is 0.0647. The number of hydrogen-bond donors (Lipinski definition) is 3. The van der Waals surface area contributed by atoms with Crippen LogP contribution in [0.2, 0.25) is 0 Å². The average Bonchev–Trinajstić information content (AvgIpc) is 2.75. The number of ether oxygens (including phenoxy) is 1. The van der Waals surface area contributed by atoms with Crippen molar-refractivity contribution in [1.82, 2.24) is 19.9 Å². The molecule has 3 aromatic rings. The van der Waals surface area contributed by atoms with E-state index >= 15 is 0 Å². The molecule has 1 aliphatic rings. The molecule has 3 N–H and O–H groups in total. The number of nitrogens with one attached hydrogen (secondary N) is 2. The molecule has 0 atom stereocenters. The minimum atomic E-state index is -0.913. The lowest BCUT2D eigenvalue weighted by Gasteiger charge is -2.32. The van der Waals surface area contributed by atoms with Crippen molar-refractivity contribution >= 4 is 5.91 Å². The summed E-state index contributed by atoms with van der Waals surface area (Å²) in [5, 5.41) is 12.9. The van der Waals surface area contributed by atoms with Crippen LogP contribution in [0.25, 0.3) is 11.3 Å². The summed E-state index contributed by atoms with van der Waals surface area (Å²) < 4.78 is 20.8. The lowest BCUT2D eigenvalue weighted by Crippen LogP contribution is -2.42. The number of H-pyrrole nitrogens is 1. The van der Waals surface area contributed by atoms with E-state index in [1.807, 2.05) is 0 Å². The van der Waals surface area contributed by atoms with Crippen LogP contribution in [-0.2, 0) is 23.4 Å². The Bertz CT molecular complexity index is 1330. The molecule has 1 amide bonds. The van der Waals surface area contributed by atoms with Crippen molar-refractivity contribution in [1.29, 1.82) is 0 Å². The van der Waals surface area contributed by atoms with E-state index in [2.05, 4.69) is 15.3 Å². The first-order valence-corrected chi connectivity index (χ1v) is 9.92. The number of amides is 1. The van der Waals surface area contributed by atoms with Gasteiger partial charge in [-0.2, -0.15) is 0 Å². The standard InChI is InChI=1S/C22H21FN4O5/c1-22(2)21-26-17(18(29)20(31)27(21)8-9-32-22)19(30)24-11-12-6-7-13(23)10-14(12)15-4-3-5-16(28)25-15/h3-7,10,29H,8-9,11H2,1-2H3,(H,24,30)(H,25,28). The molecule has 0 spiro atoms. The number of benzene rings is 1. The molecule has 10 heteroatoms. The number of carbonyl (C=O) groups excluding carboxylic acids is 1. The topological polar surface area (TPSA) is 126 Å². The van der Waals surface area contributed by atoms with Gasteiger partial charge in [0, 0.05) is 23.9 Å². The Balaban J connectivity index is 1.65. The summed E-state index contributed by atoms with van der Waals surface area (Å²) in [5.41, 5.74) is -1.12. The largest absolute Gasteiger partial charge is 0.501 e. The Labute approximate surface area is 181 Å². The number of aromatic nitrogens is 3. The van der Waals surface area contributed by atoms with Gasteiger partial charge in [0.15, 0.2) is 5.69 Å². The van der Waals surface area contributed by atoms with Crippen LogP contribution in [0.4, 0.5) is 4.39 Å². The fourth-order valence-corrected chi connectivity index (χ4v) is 3.64. The van der Waals surface area contributed by atoms with Crippen LogP contribution in [0, 0.1) is 5.82 Å². The second kappa shape index (κ2) is 8.04. The van der Waals surface area contributed by atoms with Gasteiger partial charge in [0.2, 0.25) is 11.3 Å². The number of aromatic hydroxyl groups is 1. The van der Waals surface area contributed by atoms with Gasteiger partial charge in [0.05, 0.1) is 13.2 Å². The summed E-state index contributed by atoms with van der Waals surface area (Å²) in [6.07, 6.45) is 0. The number of rotatable bonds is 4. The number of carbonyl (C=O) groups is 1. The van der Waals surface area contributed by atoms with E-state index in [0.29, 0.717) is 16.8 Å². The Morgan fingerprint density at radius 1 is 1.31 bits per heavy atom. The molecule has 1 aromatic carbocycles. The van der Waals surface area contributed by atoms with Crippen LogP contribution in [-0.4, -0.2) is 32.2 Å². The van der Waals surface area contributed by atoms with Crippen molar-refractivity contribution in [2.45, 2.75) is 32.5 Å². The van der Waals surface area contributed by atoms with Gasteiger partial charge >= 0.3 is 0 Å². The summed E-state index contributed by atoms with van der Waals surface area (Å²) in [6.45, 7) is 3.86. The van der Waals surface area contributed by atoms with Gasteiger partial charge in [0.25, 0.3) is 11.5 Å². The van der Waals surface area contributed by atoms with Crippen LogP contribution in [0.1, 0.15) is 35.7 Å². The number of fused-ring (bicyclic) bond motifs is 1. The van der Waals surface area contributed by atoms with E-state index in [4.69, 9.17) is 4.74 Å². The van der Waals surface area contributed by atoms with Gasteiger partial charge in [-0.3, -0.25) is 19.0 Å². The van der Waals surface area contributed by atoms with E-state index in [1.54, 1.807) is 19.9 Å². The van der Waals surface area contributed by atoms with Crippen molar-refractivity contribution < 1.29 is 19.0 Å².